The second-order valence-corrected chi connectivity index (χ2v) is 3.01. The highest BCUT2D eigenvalue weighted by molar-refractivity contribution is 6.02. The van der Waals surface area contributed by atoms with Gasteiger partial charge in [-0.05, 0) is 25.9 Å². The van der Waals surface area contributed by atoms with Crippen LogP contribution in [0.15, 0.2) is 24.2 Å². The molecule has 0 fully saturated rings. The molecular formula is C11H12O4. The number of ether oxygens (including phenoxy) is 1. The van der Waals surface area contributed by atoms with Gasteiger partial charge in [0, 0.05) is 0 Å². The number of rotatable bonds is 3. The van der Waals surface area contributed by atoms with E-state index in [4.69, 9.17) is 15.3 Å². The summed E-state index contributed by atoms with van der Waals surface area (Å²) in [5.41, 5.74) is -1.44. The average molecular weight is 212 g/mol. The summed E-state index contributed by atoms with van der Waals surface area (Å²) in [5.74, 6) is -2.69. The molecule has 4 heteroatoms. The molecule has 80 valence electrons. The quantitative estimate of drug-likeness (QED) is 0.778. The van der Waals surface area contributed by atoms with Crippen LogP contribution in [0.5, 0.6) is 0 Å². The molecule has 0 saturated heterocycles. The standard InChI is InChI=1S/C11H12O4/c1-7(2)15-11(14)9-6-4-3-5-8(9)10(12)13/h3-7H,1-2H3,(H,12,13)/i3D,4D,5D,6D. The van der Waals surface area contributed by atoms with Crippen molar-refractivity contribution in [1.82, 2.24) is 0 Å². The monoisotopic (exact) mass is 212 g/mol. The predicted molar refractivity (Wildman–Crippen MR) is 54.0 cm³/mol. The third-order valence-corrected chi connectivity index (χ3v) is 1.45. The maximum Gasteiger partial charge on any atom is 0.339 e. The van der Waals surface area contributed by atoms with E-state index in [0.29, 0.717) is 0 Å². The lowest BCUT2D eigenvalue weighted by Gasteiger charge is -2.09. The molecule has 0 aliphatic carbocycles. The third-order valence-electron chi connectivity index (χ3n) is 1.45. The summed E-state index contributed by atoms with van der Waals surface area (Å²) in [7, 11) is 0. The second kappa shape index (κ2) is 4.59. The number of hydrogen-bond donors (Lipinski definition) is 1. The molecule has 1 aromatic carbocycles. The van der Waals surface area contributed by atoms with Crippen molar-refractivity contribution in [2.24, 2.45) is 0 Å². The van der Waals surface area contributed by atoms with Crippen molar-refractivity contribution in [3.05, 3.63) is 35.3 Å². The van der Waals surface area contributed by atoms with Gasteiger partial charge < -0.3 is 9.84 Å². The van der Waals surface area contributed by atoms with Crippen molar-refractivity contribution < 1.29 is 24.9 Å². The number of benzene rings is 1. The highest BCUT2D eigenvalue weighted by Crippen LogP contribution is 2.11. The number of carbonyl (C=O) groups excluding carboxylic acids is 1. The molecule has 1 rings (SSSR count). The molecule has 1 aromatic rings. The summed E-state index contributed by atoms with van der Waals surface area (Å²) in [6.07, 6.45) is -0.535. The molecule has 0 aliphatic rings. The number of esters is 1. The number of hydrogen-bond acceptors (Lipinski definition) is 3. The van der Waals surface area contributed by atoms with Gasteiger partial charge >= 0.3 is 11.9 Å². The van der Waals surface area contributed by atoms with Crippen molar-refractivity contribution in [3.63, 3.8) is 0 Å². The Kier molecular flexibility index (Phi) is 2.02. The molecule has 0 amide bonds. The Morgan fingerprint density at radius 2 is 1.87 bits per heavy atom. The van der Waals surface area contributed by atoms with E-state index in [0.717, 1.165) is 0 Å². The number of carbonyl (C=O) groups is 2. The minimum Gasteiger partial charge on any atom is -0.478 e. The molecule has 0 unspecified atom stereocenters. The Morgan fingerprint density at radius 3 is 2.33 bits per heavy atom. The van der Waals surface area contributed by atoms with E-state index >= 15 is 0 Å². The summed E-state index contributed by atoms with van der Waals surface area (Å²) in [4.78, 5) is 22.9. The highest BCUT2D eigenvalue weighted by Gasteiger charge is 2.17. The molecule has 0 radical (unpaired) electrons. The molecule has 4 nitrogen and oxygen atoms in total. The van der Waals surface area contributed by atoms with E-state index in [9.17, 15) is 9.59 Å². The zero-order valence-electron chi connectivity index (χ0n) is 12.2. The minimum atomic E-state index is -1.61. The van der Waals surface area contributed by atoms with Crippen LogP contribution in [0.3, 0.4) is 0 Å². The van der Waals surface area contributed by atoms with Crippen LogP contribution in [0.4, 0.5) is 0 Å². The Balaban J connectivity index is 3.61. The van der Waals surface area contributed by atoms with Gasteiger partial charge in [0.05, 0.1) is 22.7 Å². The first kappa shape index (κ1) is 6.61. The molecule has 0 saturated carbocycles. The molecule has 0 spiro atoms. The number of carboxylic acid groups (broad SMARTS) is 1. The summed E-state index contributed by atoms with van der Waals surface area (Å²) in [6, 6.07) is -2.87. The van der Waals surface area contributed by atoms with E-state index in [2.05, 4.69) is 0 Å². The van der Waals surface area contributed by atoms with Crippen LogP contribution in [-0.2, 0) is 4.74 Å². The van der Waals surface area contributed by atoms with Crippen molar-refractivity contribution >= 4 is 11.9 Å². The van der Waals surface area contributed by atoms with Crippen molar-refractivity contribution in [1.29, 1.82) is 0 Å². The number of carboxylic acids is 1. The minimum absolute atomic E-state index is 0.535. The molecule has 0 bridgehead atoms. The average Bonchev–Trinajstić information content (AvgIpc) is 2.29. The van der Waals surface area contributed by atoms with Gasteiger partial charge in [-0.25, -0.2) is 9.59 Å². The van der Waals surface area contributed by atoms with Gasteiger partial charge in [0.1, 0.15) is 0 Å². The van der Waals surface area contributed by atoms with Gasteiger partial charge in [-0.3, -0.25) is 0 Å². The fourth-order valence-electron chi connectivity index (χ4n) is 0.899. The van der Waals surface area contributed by atoms with Crippen LogP contribution in [0.25, 0.3) is 0 Å². The van der Waals surface area contributed by atoms with Gasteiger partial charge in [0.25, 0.3) is 0 Å². The summed E-state index contributed by atoms with van der Waals surface area (Å²) >= 11 is 0. The fourth-order valence-corrected chi connectivity index (χ4v) is 0.899. The summed E-state index contributed by atoms with van der Waals surface area (Å²) in [5, 5.41) is 9.01. The smallest absolute Gasteiger partial charge is 0.339 e. The van der Waals surface area contributed by atoms with E-state index < -0.39 is 53.3 Å². The van der Waals surface area contributed by atoms with Gasteiger partial charge in [-0.2, -0.15) is 0 Å². The van der Waals surface area contributed by atoms with E-state index in [1.165, 1.54) is 0 Å². The predicted octanol–water partition coefficient (Wildman–Crippen LogP) is 1.95. The van der Waals surface area contributed by atoms with Crippen LogP contribution >= 0.6 is 0 Å². The van der Waals surface area contributed by atoms with Crippen LogP contribution in [0, 0.1) is 0 Å². The Labute approximate surface area is 93.1 Å². The third kappa shape index (κ3) is 2.80. The summed E-state index contributed by atoms with van der Waals surface area (Å²) in [6.45, 7) is 3.09. The highest BCUT2D eigenvalue weighted by atomic mass is 16.5. The lowest BCUT2D eigenvalue weighted by molar-refractivity contribution is 0.0371. The Bertz CT molecular complexity index is 554. The Hall–Kier alpha value is -1.84. The largest absolute Gasteiger partial charge is 0.478 e. The molecule has 1 N–H and O–H groups in total. The molecule has 0 heterocycles. The molecule has 15 heavy (non-hydrogen) atoms. The zero-order chi connectivity index (χ0) is 14.9. The van der Waals surface area contributed by atoms with Crippen LogP contribution in [-0.4, -0.2) is 23.1 Å². The first-order valence-corrected chi connectivity index (χ1v) is 4.23. The van der Waals surface area contributed by atoms with Gasteiger partial charge in [0.2, 0.25) is 0 Å². The summed E-state index contributed by atoms with van der Waals surface area (Å²) < 4.78 is 34.7. The molecule has 0 atom stereocenters. The lowest BCUT2D eigenvalue weighted by Crippen LogP contribution is -2.15. The Morgan fingerprint density at radius 1 is 1.33 bits per heavy atom. The maximum atomic E-state index is 11.8. The van der Waals surface area contributed by atoms with E-state index in [1.807, 2.05) is 0 Å². The first-order chi connectivity index (χ1) is 8.68. The normalized spacial score (nSPS) is 13.8. The first-order valence-electron chi connectivity index (χ1n) is 6.23. The molecule has 0 aromatic heterocycles. The second-order valence-electron chi connectivity index (χ2n) is 3.01. The fraction of sp³-hybridized carbons (Fsp3) is 0.273. The van der Waals surface area contributed by atoms with Crippen LogP contribution in [0.1, 0.15) is 40.0 Å². The van der Waals surface area contributed by atoms with Crippen molar-refractivity contribution in [2.45, 2.75) is 20.0 Å². The molecule has 0 aliphatic heterocycles. The van der Waals surface area contributed by atoms with Crippen LogP contribution in [0.2, 0.25) is 0 Å². The zero-order valence-corrected chi connectivity index (χ0v) is 8.25. The number of aromatic carboxylic acids is 1. The van der Waals surface area contributed by atoms with Gasteiger partial charge in [0.15, 0.2) is 0 Å². The molecular weight excluding hydrogens is 196 g/mol. The topological polar surface area (TPSA) is 63.6 Å². The lowest BCUT2D eigenvalue weighted by atomic mass is 10.1. The van der Waals surface area contributed by atoms with E-state index in [-0.39, 0.29) is 0 Å². The van der Waals surface area contributed by atoms with Crippen LogP contribution < -0.4 is 0 Å². The van der Waals surface area contributed by atoms with Gasteiger partial charge in [-0.15, -0.1) is 0 Å². The SMILES string of the molecule is [2H]c1c([2H])c([2H])c(C(=O)OC(C)C)c(C(=O)O)c1[2H]. The van der Waals surface area contributed by atoms with E-state index in [1.54, 1.807) is 13.8 Å². The van der Waals surface area contributed by atoms with Crippen molar-refractivity contribution in [3.8, 4) is 0 Å². The van der Waals surface area contributed by atoms with Gasteiger partial charge in [-0.1, -0.05) is 12.1 Å². The maximum absolute atomic E-state index is 11.8. The van der Waals surface area contributed by atoms with Crippen molar-refractivity contribution in [2.75, 3.05) is 0 Å².